The minimum absolute atomic E-state index is 0.124. The van der Waals surface area contributed by atoms with E-state index in [1.807, 2.05) is 12.1 Å². The third-order valence-corrected chi connectivity index (χ3v) is 6.97. The Morgan fingerprint density at radius 2 is 2.00 bits per heavy atom. The molecule has 5 heteroatoms. The summed E-state index contributed by atoms with van der Waals surface area (Å²) in [5.41, 5.74) is 0.227. The maximum atomic E-state index is 12.0. The normalized spacial score (nSPS) is 23.4. The summed E-state index contributed by atoms with van der Waals surface area (Å²) in [6.45, 7) is 10.2. The van der Waals surface area contributed by atoms with Crippen LogP contribution < -0.4 is 15.6 Å². The second-order valence-corrected chi connectivity index (χ2v) is 9.38. The van der Waals surface area contributed by atoms with Crippen molar-refractivity contribution in [3.8, 4) is 5.75 Å². The van der Waals surface area contributed by atoms with Crippen LogP contribution in [0.4, 0.5) is 0 Å². The van der Waals surface area contributed by atoms with Gasteiger partial charge < -0.3 is 15.0 Å². The van der Waals surface area contributed by atoms with E-state index in [0.29, 0.717) is 33.5 Å². The van der Waals surface area contributed by atoms with Gasteiger partial charge in [0, 0.05) is 17.6 Å². The van der Waals surface area contributed by atoms with Crippen molar-refractivity contribution in [3.05, 3.63) is 39.8 Å². The van der Waals surface area contributed by atoms with E-state index in [1.165, 1.54) is 19.3 Å². The molecule has 160 valence electrons. The van der Waals surface area contributed by atoms with Crippen LogP contribution in [-0.2, 0) is 0 Å². The molecule has 2 aromatic rings. The fourth-order valence-corrected chi connectivity index (χ4v) is 5.07. The lowest BCUT2D eigenvalue weighted by molar-refractivity contribution is 0.0454. The lowest BCUT2D eigenvalue weighted by Crippen LogP contribution is -2.48. The molecule has 2 N–H and O–H groups in total. The molecular formula is C24H35ClN2O2. The van der Waals surface area contributed by atoms with Crippen LogP contribution in [0.25, 0.3) is 10.8 Å². The van der Waals surface area contributed by atoms with Crippen LogP contribution in [0.2, 0.25) is 5.02 Å². The van der Waals surface area contributed by atoms with Gasteiger partial charge in [-0.1, -0.05) is 39.3 Å². The van der Waals surface area contributed by atoms with Gasteiger partial charge in [0.1, 0.15) is 5.75 Å². The van der Waals surface area contributed by atoms with Crippen molar-refractivity contribution in [2.45, 2.75) is 78.4 Å². The molecular weight excluding hydrogens is 384 g/mol. The van der Waals surface area contributed by atoms with Gasteiger partial charge in [0.2, 0.25) is 0 Å². The number of aromatic nitrogens is 1. The van der Waals surface area contributed by atoms with Gasteiger partial charge in [-0.2, -0.15) is 0 Å². The molecule has 0 radical (unpaired) electrons. The number of benzene rings is 1. The maximum absolute atomic E-state index is 12.0. The highest BCUT2D eigenvalue weighted by molar-refractivity contribution is 6.32. The second-order valence-electron chi connectivity index (χ2n) is 8.97. The summed E-state index contributed by atoms with van der Waals surface area (Å²) in [7, 11) is 0. The van der Waals surface area contributed by atoms with Gasteiger partial charge in [-0.3, -0.25) is 4.79 Å². The van der Waals surface area contributed by atoms with E-state index in [-0.39, 0.29) is 11.7 Å². The molecule has 1 heterocycles. The number of pyridine rings is 1. The number of halogens is 1. The molecule has 1 saturated carbocycles. The molecule has 1 atom stereocenters. The second kappa shape index (κ2) is 9.53. The first kappa shape index (κ1) is 22.2. The predicted octanol–water partition coefficient (Wildman–Crippen LogP) is 5.92. The van der Waals surface area contributed by atoms with Gasteiger partial charge in [0.25, 0.3) is 5.56 Å². The first-order chi connectivity index (χ1) is 13.9. The van der Waals surface area contributed by atoms with Crippen LogP contribution in [0.3, 0.4) is 0 Å². The number of hydrogen-bond acceptors (Lipinski definition) is 3. The summed E-state index contributed by atoms with van der Waals surface area (Å²) in [6, 6.07) is 6.06. The van der Waals surface area contributed by atoms with Crippen molar-refractivity contribution >= 4 is 22.4 Å². The Hall–Kier alpha value is -1.52. The SMILES string of the molecule is CC[C@H](NCC(C)C)[C@]1(CC)CC[C@H](Oc2cc3cc[nH]c(=O)c3cc2Cl)CC1. The van der Waals surface area contributed by atoms with Crippen molar-refractivity contribution in [2.24, 2.45) is 11.3 Å². The largest absolute Gasteiger partial charge is 0.489 e. The summed E-state index contributed by atoms with van der Waals surface area (Å²) >= 11 is 6.43. The minimum atomic E-state index is -0.124. The van der Waals surface area contributed by atoms with Gasteiger partial charge in [0.15, 0.2) is 0 Å². The quantitative estimate of drug-likeness (QED) is 0.559. The molecule has 0 bridgehead atoms. The molecule has 1 aromatic carbocycles. The zero-order valence-electron chi connectivity index (χ0n) is 18.2. The number of H-pyrrole nitrogens is 1. The van der Waals surface area contributed by atoms with Crippen LogP contribution in [0.15, 0.2) is 29.2 Å². The van der Waals surface area contributed by atoms with Gasteiger partial charge in [0.05, 0.1) is 11.1 Å². The third kappa shape index (κ3) is 4.97. The number of aromatic amines is 1. The molecule has 0 spiro atoms. The fraction of sp³-hybridized carbons (Fsp3) is 0.625. The van der Waals surface area contributed by atoms with E-state index >= 15 is 0 Å². The van der Waals surface area contributed by atoms with Crippen molar-refractivity contribution in [2.75, 3.05) is 6.54 Å². The average molecular weight is 419 g/mol. The van der Waals surface area contributed by atoms with Crippen molar-refractivity contribution < 1.29 is 4.74 Å². The Bertz CT molecular complexity index is 869. The highest BCUT2D eigenvalue weighted by atomic mass is 35.5. The molecule has 1 aliphatic rings. The van der Waals surface area contributed by atoms with Gasteiger partial charge in [-0.05, 0) is 80.0 Å². The zero-order valence-corrected chi connectivity index (χ0v) is 18.9. The summed E-state index contributed by atoms with van der Waals surface area (Å²) in [4.78, 5) is 14.7. The Morgan fingerprint density at radius 1 is 1.28 bits per heavy atom. The smallest absolute Gasteiger partial charge is 0.255 e. The maximum Gasteiger partial charge on any atom is 0.255 e. The summed E-state index contributed by atoms with van der Waals surface area (Å²) in [5, 5.41) is 5.80. The number of rotatable bonds is 8. The van der Waals surface area contributed by atoms with E-state index in [1.54, 1.807) is 12.3 Å². The topological polar surface area (TPSA) is 54.1 Å². The Kier molecular flexibility index (Phi) is 7.28. The van der Waals surface area contributed by atoms with Crippen molar-refractivity contribution in [3.63, 3.8) is 0 Å². The molecule has 0 unspecified atom stereocenters. The van der Waals surface area contributed by atoms with Crippen LogP contribution >= 0.6 is 11.6 Å². The average Bonchev–Trinajstić information content (AvgIpc) is 2.71. The van der Waals surface area contributed by atoms with Gasteiger partial charge in [-0.25, -0.2) is 0 Å². The number of nitrogens with one attached hydrogen (secondary N) is 2. The highest BCUT2D eigenvalue weighted by Crippen LogP contribution is 2.44. The summed E-state index contributed by atoms with van der Waals surface area (Å²) in [6.07, 6.45) is 8.61. The Balaban J connectivity index is 1.69. The van der Waals surface area contributed by atoms with Crippen LogP contribution in [0.5, 0.6) is 5.75 Å². The van der Waals surface area contributed by atoms with Crippen LogP contribution in [0, 0.1) is 11.3 Å². The first-order valence-electron chi connectivity index (χ1n) is 11.1. The summed E-state index contributed by atoms with van der Waals surface area (Å²) in [5.74, 6) is 1.35. The molecule has 4 nitrogen and oxygen atoms in total. The summed E-state index contributed by atoms with van der Waals surface area (Å²) < 4.78 is 6.32. The third-order valence-electron chi connectivity index (χ3n) is 6.67. The van der Waals surface area contributed by atoms with E-state index in [9.17, 15) is 4.79 Å². The minimum Gasteiger partial charge on any atom is -0.489 e. The highest BCUT2D eigenvalue weighted by Gasteiger charge is 2.40. The lowest BCUT2D eigenvalue weighted by Gasteiger charge is -2.45. The molecule has 3 rings (SSSR count). The number of hydrogen-bond donors (Lipinski definition) is 2. The van der Waals surface area contributed by atoms with Gasteiger partial charge >= 0.3 is 0 Å². The Labute approximate surface area is 179 Å². The zero-order chi connectivity index (χ0) is 21.0. The number of ether oxygens (including phenoxy) is 1. The molecule has 1 aliphatic carbocycles. The molecule has 1 aromatic heterocycles. The van der Waals surface area contributed by atoms with Crippen LogP contribution in [0.1, 0.15) is 66.2 Å². The van der Waals surface area contributed by atoms with E-state index in [4.69, 9.17) is 16.3 Å². The molecule has 1 fully saturated rings. The monoisotopic (exact) mass is 418 g/mol. The Morgan fingerprint density at radius 3 is 2.62 bits per heavy atom. The molecule has 0 aliphatic heterocycles. The van der Waals surface area contributed by atoms with E-state index in [0.717, 1.165) is 31.2 Å². The van der Waals surface area contributed by atoms with Crippen molar-refractivity contribution in [1.29, 1.82) is 0 Å². The number of fused-ring (bicyclic) bond motifs is 1. The van der Waals surface area contributed by atoms with Crippen molar-refractivity contribution in [1.82, 2.24) is 10.3 Å². The predicted molar refractivity (Wildman–Crippen MR) is 122 cm³/mol. The fourth-order valence-electron chi connectivity index (χ4n) is 4.86. The lowest BCUT2D eigenvalue weighted by atomic mass is 9.66. The van der Waals surface area contributed by atoms with Crippen LogP contribution in [-0.4, -0.2) is 23.7 Å². The van der Waals surface area contributed by atoms with Gasteiger partial charge in [-0.15, -0.1) is 0 Å². The molecule has 29 heavy (non-hydrogen) atoms. The van der Waals surface area contributed by atoms with E-state index < -0.39 is 0 Å². The molecule has 0 saturated heterocycles. The molecule has 0 amide bonds. The van der Waals surface area contributed by atoms with E-state index in [2.05, 4.69) is 38.0 Å². The standard InChI is InChI=1S/C24H35ClN2O2/c1-5-22(27-15-16(3)4)24(6-2)10-7-18(8-11-24)29-21-13-17-9-12-26-23(28)19(17)14-20(21)25/h9,12-14,16,18,22,27H,5-8,10-11,15H2,1-4H3,(H,26,28)/t18-,22-,24+/m0/s1. The first-order valence-corrected chi connectivity index (χ1v) is 11.5.